The first-order valence-corrected chi connectivity index (χ1v) is 14.1. The van der Waals surface area contributed by atoms with Gasteiger partial charge in [0.2, 0.25) is 0 Å². The molecule has 0 saturated heterocycles. The molecule has 0 N–H and O–H groups in total. The highest BCUT2D eigenvalue weighted by Crippen LogP contribution is 2.44. The van der Waals surface area contributed by atoms with Crippen LogP contribution >= 0.6 is 11.3 Å². The van der Waals surface area contributed by atoms with Crippen LogP contribution in [-0.2, 0) is 0 Å². The molecule has 0 atom stereocenters. The zero-order valence-electron chi connectivity index (χ0n) is 20.9. The highest BCUT2D eigenvalue weighted by atomic mass is 32.1. The van der Waals surface area contributed by atoms with Crippen molar-refractivity contribution in [1.29, 1.82) is 0 Å². The second-order valence-electron chi connectivity index (χ2n) is 10.0. The second kappa shape index (κ2) is 8.58. The van der Waals surface area contributed by atoms with Crippen molar-refractivity contribution >= 4 is 75.2 Å². The molecule has 1 aliphatic carbocycles. The van der Waals surface area contributed by atoms with Crippen molar-refractivity contribution in [3.05, 3.63) is 133 Å². The second-order valence-corrected chi connectivity index (χ2v) is 11.1. The normalized spacial score (nSPS) is 13.6. The third-order valence-corrected chi connectivity index (χ3v) is 8.96. The van der Waals surface area contributed by atoms with Crippen LogP contribution in [0.4, 0.5) is 11.4 Å². The van der Waals surface area contributed by atoms with Crippen LogP contribution in [0.3, 0.4) is 0 Å². The van der Waals surface area contributed by atoms with Gasteiger partial charge in [-0.1, -0.05) is 91.0 Å². The van der Waals surface area contributed by atoms with Crippen molar-refractivity contribution in [2.24, 2.45) is 0 Å². The van der Waals surface area contributed by atoms with E-state index in [0.717, 1.165) is 12.8 Å². The highest BCUT2D eigenvalue weighted by Gasteiger charge is 2.20. The zero-order valence-corrected chi connectivity index (χ0v) is 21.7. The lowest BCUT2D eigenvalue weighted by Crippen LogP contribution is -2.16. The van der Waals surface area contributed by atoms with E-state index in [9.17, 15) is 0 Å². The SMILES string of the molecule is C1=CC(N(c2ccc3sc4ccc5ccccc5c4c3c2)c2cc3ccccc3c3ccccc23)=CCC1. The van der Waals surface area contributed by atoms with Gasteiger partial charge in [-0.15, -0.1) is 11.3 Å². The van der Waals surface area contributed by atoms with Crippen LogP contribution in [0.25, 0.3) is 52.5 Å². The van der Waals surface area contributed by atoms with Gasteiger partial charge in [-0.25, -0.2) is 0 Å². The molecule has 2 heteroatoms. The molecule has 0 bridgehead atoms. The molecule has 8 rings (SSSR count). The van der Waals surface area contributed by atoms with Crippen molar-refractivity contribution in [3.63, 3.8) is 0 Å². The Morgan fingerprint density at radius 3 is 2.13 bits per heavy atom. The lowest BCUT2D eigenvalue weighted by atomic mass is 9.98. The zero-order chi connectivity index (χ0) is 25.1. The van der Waals surface area contributed by atoms with E-state index in [1.807, 2.05) is 11.3 Å². The van der Waals surface area contributed by atoms with Crippen LogP contribution in [0.5, 0.6) is 0 Å². The van der Waals surface area contributed by atoms with Crippen LogP contribution < -0.4 is 4.90 Å². The lowest BCUT2D eigenvalue weighted by molar-refractivity contribution is 0.999. The highest BCUT2D eigenvalue weighted by molar-refractivity contribution is 7.26. The predicted octanol–water partition coefficient (Wildman–Crippen LogP) is 10.9. The molecule has 0 unspecified atom stereocenters. The van der Waals surface area contributed by atoms with E-state index in [1.54, 1.807) is 0 Å². The summed E-state index contributed by atoms with van der Waals surface area (Å²) < 4.78 is 2.67. The Bertz CT molecular complexity index is 2090. The van der Waals surface area contributed by atoms with E-state index >= 15 is 0 Å². The molecule has 0 saturated carbocycles. The summed E-state index contributed by atoms with van der Waals surface area (Å²) in [6.07, 6.45) is 9.13. The fraction of sp³-hybridized carbons (Fsp3) is 0.0556. The van der Waals surface area contributed by atoms with Gasteiger partial charge < -0.3 is 4.90 Å². The lowest BCUT2D eigenvalue weighted by Gasteiger charge is -2.29. The summed E-state index contributed by atoms with van der Waals surface area (Å²) in [6.45, 7) is 0. The van der Waals surface area contributed by atoms with Gasteiger partial charge in [0.15, 0.2) is 0 Å². The quantitative estimate of drug-likeness (QED) is 0.217. The maximum absolute atomic E-state index is 2.47. The number of benzene rings is 6. The van der Waals surface area contributed by atoms with E-state index in [1.165, 1.54) is 69.6 Å². The first-order valence-electron chi connectivity index (χ1n) is 13.3. The minimum Gasteiger partial charge on any atom is -0.310 e. The molecule has 6 aromatic carbocycles. The van der Waals surface area contributed by atoms with Gasteiger partial charge in [0.05, 0.1) is 5.69 Å². The third-order valence-electron chi connectivity index (χ3n) is 7.82. The standard InChI is InChI=1S/C36H25NS/c1-2-12-26(13-3-1)37(33-22-25-11-5-6-14-28(25)30-16-8-9-17-31(30)33)27-19-21-34-32(23-27)36-29-15-7-4-10-24(29)18-20-35(36)38-34/h2,4-23H,1,3H2. The number of rotatable bonds is 3. The number of thiophene rings is 1. The number of allylic oxidation sites excluding steroid dienone is 3. The molecule has 0 amide bonds. The van der Waals surface area contributed by atoms with E-state index in [2.05, 4.69) is 132 Å². The molecule has 0 fully saturated rings. The van der Waals surface area contributed by atoms with Crippen LogP contribution in [0.1, 0.15) is 12.8 Å². The summed E-state index contributed by atoms with van der Waals surface area (Å²) >= 11 is 1.89. The topological polar surface area (TPSA) is 3.24 Å². The smallest absolute Gasteiger partial charge is 0.0546 e. The number of anilines is 2. The molecule has 1 heterocycles. The van der Waals surface area contributed by atoms with Crippen LogP contribution in [-0.4, -0.2) is 0 Å². The van der Waals surface area contributed by atoms with Crippen molar-refractivity contribution in [3.8, 4) is 0 Å². The summed E-state index contributed by atoms with van der Waals surface area (Å²) in [4.78, 5) is 2.47. The molecule has 0 spiro atoms. The summed E-state index contributed by atoms with van der Waals surface area (Å²) in [6, 6.07) is 40.3. The van der Waals surface area contributed by atoms with Gasteiger partial charge >= 0.3 is 0 Å². The Labute approximate surface area is 225 Å². The van der Waals surface area contributed by atoms with Crippen LogP contribution in [0.15, 0.2) is 133 Å². The van der Waals surface area contributed by atoms with Crippen molar-refractivity contribution in [2.45, 2.75) is 12.8 Å². The predicted molar refractivity (Wildman–Crippen MR) is 167 cm³/mol. The Hall–Kier alpha value is -4.40. The van der Waals surface area contributed by atoms with Gasteiger partial charge in [0.1, 0.15) is 0 Å². The fourth-order valence-electron chi connectivity index (χ4n) is 6.09. The summed E-state index contributed by atoms with van der Waals surface area (Å²) in [5, 5.41) is 10.4. The number of hydrogen-bond donors (Lipinski definition) is 0. The molecular weight excluding hydrogens is 478 g/mol. The third kappa shape index (κ3) is 3.31. The summed E-state index contributed by atoms with van der Waals surface area (Å²) in [5.74, 6) is 0. The van der Waals surface area contributed by atoms with Crippen LogP contribution in [0.2, 0.25) is 0 Å². The molecule has 7 aromatic rings. The molecule has 0 radical (unpaired) electrons. The number of hydrogen-bond acceptors (Lipinski definition) is 2. The first kappa shape index (κ1) is 21.7. The van der Waals surface area contributed by atoms with Gasteiger partial charge in [-0.3, -0.25) is 0 Å². The average molecular weight is 504 g/mol. The maximum Gasteiger partial charge on any atom is 0.0546 e. The Morgan fingerprint density at radius 1 is 0.553 bits per heavy atom. The van der Waals surface area contributed by atoms with Crippen molar-refractivity contribution in [1.82, 2.24) is 0 Å². The molecule has 180 valence electrons. The Kier molecular flexibility index (Phi) is 4.89. The molecule has 1 aromatic heterocycles. The van der Waals surface area contributed by atoms with E-state index < -0.39 is 0 Å². The molecule has 0 aliphatic heterocycles. The Balaban J connectivity index is 1.45. The van der Waals surface area contributed by atoms with Gasteiger partial charge in [-0.2, -0.15) is 0 Å². The van der Waals surface area contributed by atoms with Gasteiger partial charge in [-0.05, 0) is 76.2 Å². The monoisotopic (exact) mass is 503 g/mol. The van der Waals surface area contributed by atoms with Gasteiger partial charge in [0.25, 0.3) is 0 Å². The van der Waals surface area contributed by atoms with Crippen LogP contribution in [0, 0.1) is 0 Å². The Morgan fingerprint density at radius 2 is 1.29 bits per heavy atom. The minimum atomic E-state index is 1.06. The van der Waals surface area contributed by atoms with Crippen molar-refractivity contribution in [2.75, 3.05) is 4.90 Å². The van der Waals surface area contributed by atoms with Gasteiger partial charge in [0, 0.05) is 36.9 Å². The van der Waals surface area contributed by atoms with Crippen molar-refractivity contribution < 1.29 is 0 Å². The van der Waals surface area contributed by atoms with E-state index in [0.29, 0.717) is 0 Å². The number of nitrogens with zero attached hydrogens (tertiary/aromatic N) is 1. The summed E-state index contributed by atoms with van der Waals surface area (Å²) in [7, 11) is 0. The maximum atomic E-state index is 2.47. The molecular formula is C36H25NS. The molecule has 1 nitrogen and oxygen atoms in total. The fourth-order valence-corrected chi connectivity index (χ4v) is 7.19. The first-order chi connectivity index (χ1) is 18.8. The average Bonchev–Trinajstić information content (AvgIpc) is 3.37. The summed E-state index contributed by atoms with van der Waals surface area (Å²) in [5.41, 5.74) is 3.66. The molecule has 38 heavy (non-hydrogen) atoms. The largest absolute Gasteiger partial charge is 0.310 e. The number of fused-ring (bicyclic) bond motifs is 8. The minimum absolute atomic E-state index is 1.06. The molecule has 1 aliphatic rings. The van der Waals surface area contributed by atoms with E-state index in [4.69, 9.17) is 0 Å². The van der Waals surface area contributed by atoms with E-state index in [-0.39, 0.29) is 0 Å².